The molecule has 8 nitrogen and oxygen atoms in total. The van der Waals surface area contributed by atoms with Crippen LogP contribution in [0.25, 0.3) is 0 Å². The fraction of sp³-hybridized carbons (Fsp3) is 0.636. The van der Waals surface area contributed by atoms with E-state index in [-0.39, 0.29) is 30.0 Å². The number of aryl methyl sites for hydroxylation is 1. The predicted octanol–water partition coefficient (Wildman–Crippen LogP) is -0.186. The molecule has 2 N–H and O–H groups in total. The zero-order chi connectivity index (χ0) is 14.8. The summed E-state index contributed by atoms with van der Waals surface area (Å²) in [5.41, 5.74) is 0. The van der Waals surface area contributed by atoms with Gasteiger partial charge in [0.2, 0.25) is 10.0 Å². The van der Waals surface area contributed by atoms with Gasteiger partial charge in [0.25, 0.3) is 0 Å². The van der Waals surface area contributed by atoms with E-state index in [0.29, 0.717) is 12.8 Å². The van der Waals surface area contributed by atoms with Crippen LogP contribution in [0.2, 0.25) is 0 Å². The average Bonchev–Trinajstić information content (AvgIpc) is 2.80. The molecule has 1 saturated carbocycles. The highest BCUT2D eigenvalue weighted by molar-refractivity contribution is 7.89. The Bertz CT molecular complexity index is 577. The van der Waals surface area contributed by atoms with E-state index in [1.54, 1.807) is 7.11 Å². The molecule has 2 rings (SSSR count). The van der Waals surface area contributed by atoms with Crippen LogP contribution in [0.5, 0.6) is 0 Å². The first-order valence-corrected chi connectivity index (χ1v) is 7.68. The van der Waals surface area contributed by atoms with Crippen molar-refractivity contribution in [3.8, 4) is 0 Å². The molecule has 112 valence electrons. The summed E-state index contributed by atoms with van der Waals surface area (Å²) in [7, 11) is -2.01. The SMILES string of the molecule is COC1CC(NS(=O)(=O)c2cnn(CCC(=O)O)c2)C1. The van der Waals surface area contributed by atoms with Crippen LogP contribution in [0.4, 0.5) is 0 Å². The Balaban J connectivity index is 1.94. The maximum atomic E-state index is 12.1. The maximum Gasteiger partial charge on any atom is 0.305 e. The number of nitrogens with one attached hydrogen (secondary N) is 1. The molecule has 1 aliphatic carbocycles. The lowest BCUT2D eigenvalue weighted by Crippen LogP contribution is -2.47. The first kappa shape index (κ1) is 14.9. The fourth-order valence-electron chi connectivity index (χ4n) is 1.96. The highest BCUT2D eigenvalue weighted by Gasteiger charge is 2.33. The molecule has 0 bridgehead atoms. The van der Waals surface area contributed by atoms with Gasteiger partial charge in [-0.3, -0.25) is 9.48 Å². The summed E-state index contributed by atoms with van der Waals surface area (Å²) in [6.45, 7) is 0.139. The van der Waals surface area contributed by atoms with Crippen molar-refractivity contribution in [2.24, 2.45) is 0 Å². The van der Waals surface area contributed by atoms with Gasteiger partial charge in [-0.1, -0.05) is 0 Å². The number of rotatable bonds is 7. The van der Waals surface area contributed by atoms with Crippen LogP contribution in [-0.4, -0.2) is 48.5 Å². The molecule has 0 radical (unpaired) electrons. The van der Waals surface area contributed by atoms with E-state index < -0.39 is 16.0 Å². The monoisotopic (exact) mass is 303 g/mol. The van der Waals surface area contributed by atoms with Gasteiger partial charge in [-0.05, 0) is 12.8 Å². The van der Waals surface area contributed by atoms with E-state index in [1.165, 1.54) is 17.1 Å². The summed E-state index contributed by atoms with van der Waals surface area (Å²) in [5, 5.41) is 12.4. The minimum absolute atomic E-state index is 0.0451. The lowest BCUT2D eigenvalue weighted by atomic mass is 9.90. The number of hydrogen-bond donors (Lipinski definition) is 2. The van der Waals surface area contributed by atoms with Gasteiger partial charge in [0.15, 0.2) is 0 Å². The van der Waals surface area contributed by atoms with Gasteiger partial charge in [-0.15, -0.1) is 0 Å². The van der Waals surface area contributed by atoms with Crippen LogP contribution < -0.4 is 4.72 Å². The van der Waals surface area contributed by atoms with E-state index in [0.717, 1.165) is 0 Å². The van der Waals surface area contributed by atoms with Gasteiger partial charge >= 0.3 is 5.97 Å². The molecule has 0 atom stereocenters. The Morgan fingerprint density at radius 3 is 2.90 bits per heavy atom. The van der Waals surface area contributed by atoms with Crippen LogP contribution in [0, 0.1) is 0 Å². The molecular formula is C11H17N3O5S. The molecule has 0 spiro atoms. The molecule has 1 aromatic rings. The van der Waals surface area contributed by atoms with Crippen molar-refractivity contribution in [3.05, 3.63) is 12.4 Å². The molecule has 0 aliphatic heterocycles. The second-order valence-electron chi connectivity index (χ2n) is 4.73. The minimum Gasteiger partial charge on any atom is -0.481 e. The molecule has 9 heteroatoms. The highest BCUT2D eigenvalue weighted by atomic mass is 32.2. The third kappa shape index (κ3) is 3.56. The summed E-state index contributed by atoms with van der Waals surface area (Å²) in [5.74, 6) is -0.955. The fourth-order valence-corrected chi connectivity index (χ4v) is 3.17. The lowest BCUT2D eigenvalue weighted by Gasteiger charge is -2.34. The summed E-state index contributed by atoms with van der Waals surface area (Å²) < 4.78 is 33.1. The normalized spacial score (nSPS) is 22.4. The number of aliphatic carboxylic acids is 1. The average molecular weight is 303 g/mol. The number of nitrogens with zero attached hydrogens (tertiary/aromatic N) is 2. The third-order valence-electron chi connectivity index (χ3n) is 3.22. The van der Waals surface area contributed by atoms with Gasteiger partial charge in [0, 0.05) is 19.3 Å². The van der Waals surface area contributed by atoms with Crippen molar-refractivity contribution in [1.82, 2.24) is 14.5 Å². The van der Waals surface area contributed by atoms with Crippen molar-refractivity contribution in [2.75, 3.05) is 7.11 Å². The van der Waals surface area contributed by atoms with E-state index in [1.807, 2.05) is 0 Å². The van der Waals surface area contributed by atoms with Crippen LogP contribution >= 0.6 is 0 Å². The quantitative estimate of drug-likeness (QED) is 0.722. The lowest BCUT2D eigenvalue weighted by molar-refractivity contribution is -0.137. The van der Waals surface area contributed by atoms with E-state index in [9.17, 15) is 13.2 Å². The van der Waals surface area contributed by atoms with Gasteiger partial charge in [-0.25, -0.2) is 13.1 Å². The first-order valence-electron chi connectivity index (χ1n) is 6.20. The molecule has 0 aromatic carbocycles. The summed E-state index contributed by atoms with van der Waals surface area (Å²) in [4.78, 5) is 10.5. The standard InChI is InChI=1S/C11H17N3O5S/c1-19-9-4-8(5-9)13-20(17,18)10-6-12-14(7-10)3-2-11(15)16/h6-9,13H,2-5H2,1H3,(H,15,16). The Kier molecular flexibility index (Phi) is 4.41. The number of carboxylic acids is 1. The second kappa shape index (κ2) is 5.90. The third-order valence-corrected chi connectivity index (χ3v) is 4.70. The van der Waals surface area contributed by atoms with Gasteiger partial charge in [0.05, 0.1) is 25.3 Å². The highest BCUT2D eigenvalue weighted by Crippen LogP contribution is 2.24. The Morgan fingerprint density at radius 1 is 1.60 bits per heavy atom. The Hall–Kier alpha value is -1.45. The molecule has 0 saturated heterocycles. The van der Waals surface area contributed by atoms with E-state index in [4.69, 9.17) is 9.84 Å². The topological polar surface area (TPSA) is 111 Å². The van der Waals surface area contributed by atoms with Gasteiger partial charge in [-0.2, -0.15) is 5.10 Å². The number of carbonyl (C=O) groups is 1. The van der Waals surface area contributed by atoms with Crippen molar-refractivity contribution in [2.45, 2.75) is 42.8 Å². The van der Waals surface area contributed by atoms with E-state index >= 15 is 0 Å². The minimum atomic E-state index is -3.61. The van der Waals surface area contributed by atoms with Crippen LogP contribution in [0.1, 0.15) is 19.3 Å². The molecular weight excluding hydrogens is 286 g/mol. The van der Waals surface area contributed by atoms with E-state index in [2.05, 4.69) is 9.82 Å². The van der Waals surface area contributed by atoms with Crippen LogP contribution in [0.15, 0.2) is 17.3 Å². The van der Waals surface area contributed by atoms with Crippen LogP contribution in [-0.2, 0) is 26.1 Å². The van der Waals surface area contributed by atoms with Crippen molar-refractivity contribution < 1.29 is 23.1 Å². The molecule has 0 unspecified atom stereocenters. The Morgan fingerprint density at radius 2 is 2.30 bits per heavy atom. The van der Waals surface area contributed by atoms with Crippen LogP contribution in [0.3, 0.4) is 0 Å². The molecule has 1 heterocycles. The van der Waals surface area contributed by atoms with Crippen molar-refractivity contribution in [3.63, 3.8) is 0 Å². The van der Waals surface area contributed by atoms with Gasteiger partial charge < -0.3 is 9.84 Å². The molecule has 1 fully saturated rings. The number of sulfonamides is 1. The predicted molar refractivity (Wildman–Crippen MR) is 68.6 cm³/mol. The number of aromatic nitrogens is 2. The number of hydrogen-bond acceptors (Lipinski definition) is 5. The van der Waals surface area contributed by atoms with Crippen molar-refractivity contribution >= 4 is 16.0 Å². The Labute approximate surface area is 116 Å². The smallest absolute Gasteiger partial charge is 0.305 e. The number of ether oxygens (including phenoxy) is 1. The molecule has 1 aromatic heterocycles. The van der Waals surface area contributed by atoms with Gasteiger partial charge in [0.1, 0.15) is 4.90 Å². The second-order valence-corrected chi connectivity index (χ2v) is 6.44. The number of methoxy groups -OCH3 is 1. The maximum absolute atomic E-state index is 12.1. The molecule has 0 amide bonds. The summed E-state index contributed by atoms with van der Waals surface area (Å²) in [6, 6.07) is -0.118. The zero-order valence-electron chi connectivity index (χ0n) is 11.0. The first-order chi connectivity index (χ1) is 9.40. The largest absolute Gasteiger partial charge is 0.481 e. The van der Waals surface area contributed by atoms with Crippen molar-refractivity contribution in [1.29, 1.82) is 0 Å². The summed E-state index contributed by atoms with van der Waals surface area (Å²) >= 11 is 0. The zero-order valence-corrected chi connectivity index (χ0v) is 11.8. The number of carboxylic acid groups (broad SMARTS) is 1. The molecule has 20 heavy (non-hydrogen) atoms. The molecule has 1 aliphatic rings. The summed E-state index contributed by atoms with van der Waals surface area (Å²) in [6.07, 6.45) is 3.87.